The summed E-state index contributed by atoms with van der Waals surface area (Å²) in [4.78, 5) is 2.43. The summed E-state index contributed by atoms with van der Waals surface area (Å²) < 4.78 is 0. The third kappa shape index (κ3) is 5.33. The fourth-order valence-electron chi connectivity index (χ4n) is 2.55. The van der Waals surface area contributed by atoms with Crippen LogP contribution in [0.25, 0.3) is 0 Å². The van der Waals surface area contributed by atoms with Gasteiger partial charge in [0.05, 0.1) is 0 Å². The molecule has 0 aliphatic rings. The van der Waals surface area contributed by atoms with Gasteiger partial charge in [-0.1, -0.05) is 67.6 Å². The van der Waals surface area contributed by atoms with Crippen LogP contribution in [0.2, 0.25) is 0 Å². The maximum Gasteiger partial charge on any atom is 0.0471 e. The lowest BCUT2D eigenvalue weighted by Gasteiger charge is -2.26. The van der Waals surface area contributed by atoms with Crippen molar-refractivity contribution in [2.24, 2.45) is 5.92 Å². The number of hydrogen-bond acceptors (Lipinski definition) is 2. The molecule has 0 bridgehead atoms. The minimum atomic E-state index is 0.260. The van der Waals surface area contributed by atoms with E-state index in [0.717, 1.165) is 26.1 Å². The SMILES string of the molecule is CC[C@H](CO)CN(Cc1ccccc1)Cc1ccccc1. The Morgan fingerprint density at radius 1 is 0.857 bits per heavy atom. The van der Waals surface area contributed by atoms with E-state index < -0.39 is 0 Å². The number of aliphatic hydroxyl groups is 1. The quantitative estimate of drug-likeness (QED) is 0.798. The van der Waals surface area contributed by atoms with Crippen LogP contribution in [0.1, 0.15) is 24.5 Å². The van der Waals surface area contributed by atoms with Crippen LogP contribution in [0.4, 0.5) is 0 Å². The van der Waals surface area contributed by atoms with E-state index in [2.05, 4.69) is 60.4 Å². The second-order valence-electron chi connectivity index (χ2n) is 5.60. The van der Waals surface area contributed by atoms with Crippen molar-refractivity contribution in [3.63, 3.8) is 0 Å². The predicted octanol–water partition coefficient (Wildman–Crippen LogP) is 3.71. The van der Waals surface area contributed by atoms with Gasteiger partial charge in [0.2, 0.25) is 0 Å². The lowest BCUT2D eigenvalue weighted by atomic mass is 10.1. The van der Waals surface area contributed by atoms with Gasteiger partial charge in [0, 0.05) is 26.2 Å². The van der Waals surface area contributed by atoms with Gasteiger partial charge in [-0.05, 0) is 23.5 Å². The van der Waals surface area contributed by atoms with E-state index in [1.165, 1.54) is 11.1 Å². The molecule has 0 saturated heterocycles. The predicted molar refractivity (Wildman–Crippen MR) is 87.9 cm³/mol. The molecule has 1 N–H and O–H groups in total. The number of aliphatic hydroxyl groups excluding tert-OH is 1. The van der Waals surface area contributed by atoms with Gasteiger partial charge in [-0.2, -0.15) is 0 Å². The largest absolute Gasteiger partial charge is 0.396 e. The molecule has 2 rings (SSSR count). The van der Waals surface area contributed by atoms with E-state index in [9.17, 15) is 5.11 Å². The normalized spacial score (nSPS) is 12.5. The molecule has 0 aliphatic carbocycles. The van der Waals surface area contributed by atoms with E-state index in [0.29, 0.717) is 5.92 Å². The summed E-state index contributed by atoms with van der Waals surface area (Å²) in [5.41, 5.74) is 2.64. The summed E-state index contributed by atoms with van der Waals surface area (Å²) in [6.45, 7) is 5.18. The molecule has 0 amide bonds. The van der Waals surface area contributed by atoms with Crippen LogP contribution in [0.3, 0.4) is 0 Å². The standard InChI is InChI=1S/C19H25NO/c1-2-17(16-21)13-20(14-18-9-5-3-6-10-18)15-19-11-7-4-8-12-19/h3-12,17,21H,2,13-16H2,1H3/t17-/m0/s1. The Bertz CT molecular complexity index is 452. The van der Waals surface area contributed by atoms with Crippen LogP contribution in [0, 0.1) is 5.92 Å². The molecule has 0 unspecified atom stereocenters. The van der Waals surface area contributed by atoms with Crippen LogP contribution in [0.15, 0.2) is 60.7 Å². The van der Waals surface area contributed by atoms with Gasteiger partial charge >= 0.3 is 0 Å². The van der Waals surface area contributed by atoms with Crippen LogP contribution >= 0.6 is 0 Å². The summed E-state index contributed by atoms with van der Waals surface area (Å²) in [5.74, 6) is 0.345. The second kappa shape index (κ2) is 8.60. The van der Waals surface area contributed by atoms with Crippen LogP contribution < -0.4 is 0 Å². The molecule has 2 nitrogen and oxygen atoms in total. The molecule has 2 aromatic carbocycles. The molecule has 0 aromatic heterocycles. The van der Waals surface area contributed by atoms with E-state index in [-0.39, 0.29) is 6.61 Å². The topological polar surface area (TPSA) is 23.5 Å². The first-order chi connectivity index (χ1) is 10.3. The number of hydrogen-bond donors (Lipinski definition) is 1. The summed E-state index contributed by atoms with van der Waals surface area (Å²) in [6, 6.07) is 21.1. The van der Waals surface area contributed by atoms with Crippen molar-refractivity contribution in [3.8, 4) is 0 Å². The molecular formula is C19H25NO. The summed E-state index contributed by atoms with van der Waals surface area (Å²) in [7, 11) is 0. The first-order valence-corrected chi connectivity index (χ1v) is 7.73. The molecule has 1 atom stereocenters. The van der Waals surface area contributed by atoms with Crippen molar-refractivity contribution in [2.45, 2.75) is 26.4 Å². The van der Waals surface area contributed by atoms with Crippen LogP contribution in [-0.4, -0.2) is 23.2 Å². The molecular weight excluding hydrogens is 258 g/mol. The molecule has 0 fully saturated rings. The van der Waals surface area contributed by atoms with Crippen molar-refractivity contribution in [3.05, 3.63) is 71.8 Å². The maximum atomic E-state index is 9.48. The lowest BCUT2D eigenvalue weighted by molar-refractivity contribution is 0.151. The van der Waals surface area contributed by atoms with E-state index in [1.54, 1.807) is 0 Å². The van der Waals surface area contributed by atoms with Gasteiger partial charge < -0.3 is 5.11 Å². The molecule has 2 heteroatoms. The fraction of sp³-hybridized carbons (Fsp3) is 0.368. The monoisotopic (exact) mass is 283 g/mol. The van der Waals surface area contributed by atoms with Gasteiger partial charge in [0.1, 0.15) is 0 Å². The van der Waals surface area contributed by atoms with E-state index in [4.69, 9.17) is 0 Å². The van der Waals surface area contributed by atoms with E-state index in [1.807, 2.05) is 12.1 Å². The Balaban J connectivity index is 2.06. The zero-order valence-electron chi connectivity index (χ0n) is 12.8. The van der Waals surface area contributed by atoms with Crippen molar-refractivity contribution in [2.75, 3.05) is 13.2 Å². The van der Waals surface area contributed by atoms with Crippen molar-refractivity contribution in [1.29, 1.82) is 0 Å². The van der Waals surface area contributed by atoms with Crippen LogP contribution in [-0.2, 0) is 13.1 Å². The Labute approximate surface area is 128 Å². The Morgan fingerprint density at radius 2 is 1.33 bits per heavy atom. The highest BCUT2D eigenvalue weighted by Crippen LogP contribution is 2.13. The molecule has 0 radical (unpaired) electrons. The Kier molecular flexibility index (Phi) is 6.45. The van der Waals surface area contributed by atoms with Crippen molar-refractivity contribution >= 4 is 0 Å². The average molecular weight is 283 g/mol. The number of nitrogens with zero attached hydrogens (tertiary/aromatic N) is 1. The smallest absolute Gasteiger partial charge is 0.0471 e. The van der Waals surface area contributed by atoms with Gasteiger partial charge in [-0.25, -0.2) is 0 Å². The molecule has 0 heterocycles. The third-order valence-corrected chi connectivity index (χ3v) is 3.85. The van der Waals surface area contributed by atoms with E-state index >= 15 is 0 Å². The first kappa shape index (κ1) is 15.7. The average Bonchev–Trinajstić information content (AvgIpc) is 2.54. The van der Waals surface area contributed by atoms with Gasteiger partial charge in [-0.15, -0.1) is 0 Å². The first-order valence-electron chi connectivity index (χ1n) is 7.73. The fourth-order valence-corrected chi connectivity index (χ4v) is 2.55. The molecule has 112 valence electrons. The Hall–Kier alpha value is -1.64. The van der Waals surface area contributed by atoms with Gasteiger partial charge in [-0.3, -0.25) is 4.90 Å². The summed E-state index contributed by atoms with van der Waals surface area (Å²) in [5, 5.41) is 9.48. The van der Waals surface area contributed by atoms with Gasteiger partial charge in [0.15, 0.2) is 0 Å². The maximum absolute atomic E-state index is 9.48. The van der Waals surface area contributed by atoms with Crippen molar-refractivity contribution < 1.29 is 5.11 Å². The zero-order chi connectivity index (χ0) is 14.9. The second-order valence-corrected chi connectivity index (χ2v) is 5.60. The molecule has 0 saturated carbocycles. The minimum absolute atomic E-state index is 0.260. The van der Waals surface area contributed by atoms with Crippen LogP contribution in [0.5, 0.6) is 0 Å². The highest BCUT2D eigenvalue weighted by molar-refractivity contribution is 5.17. The summed E-state index contributed by atoms with van der Waals surface area (Å²) in [6.07, 6.45) is 1.01. The molecule has 0 aliphatic heterocycles. The molecule has 0 spiro atoms. The minimum Gasteiger partial charge on any atom is -0.396 e. The van der Waals surface area contributed by atoms with Gasteiger partial charge in [0.25, 0.3) is 0 Å². The summed E-state index contributed by atoms with van der Waals surface area (Å²) >= 11 is 0. The number of rotatable bonds is 8. The lowest BCUT2D eigenvalue weighted by Crippen LogP contribution is -2.30. The highest BCUT2D eigenvalue weighted by atomic mass is 16.3. The third-order valence-electron chi connectivity index (χ3n) is 3.85. The highest BCUT2D eigenvalue weighted by Gasteiger charge is 2.13. The zero-order valence-corrected chi connectivity index (χ0v) is 12.8. The molecule has 21 heavy (non-hydrogen) atoms. The Morgan fingerprint density at radius 3 is 1.71 bits per heavy atom. The molecule has 2 aromatic rings. The van der Waals surface area contributed by atoms with Crippen molar-refractivity contribution in [1.82, 2.24) is 4.90 Å². The number of benzene rings is 2.